The van der Waals surface area contributed by atoms with Crippen molar-refractivity contribution in [1.29, 1.82) is 0 Å². The number of anilines is 1. The van der Waals surface area contributed by atoms with Crippen LogP contribution in [0.4, 0.5) is 9.52 Å². The van der Waals surface area contributed by atoms with Gasteiger partial charge in [-0.3, -0.25) is 4.90 Å². The molecule has 4 rings (SSSR count). The topological polar surface area (TPSA) is 71.2 Å². The summed E-state index contributed by atoms with van der Waals surface area (Å²) in [6.45, 7) is 7.47. The SMILES string of the molecule is Cc1noc(C(C)N2CCN(c3nnc(Cc4ccc(F)cc4)s3)CC2)n1. The lowest BCUT2D eigenvalue weighted by atomic mass is 10.2. The van der Waals surface area contributed by atoms with Gasteiger partial charge in [-0.2, -0.15) is 4.98 Å². The quantitative estimate of drug-likeness (QED) is 0.665. The van der Waals surface area contributed by atoms with Gasteiger partial charge in [0.25, 0.3) is 0 Å². The summed E-state index contributed by atoms with van der Waals surface area (Å²) in [6.07, 6.45) is 0.672. The molecule has 7 nitrogen and oxygen atoms in total. The second-order valence-electron chi connectivity index (χ2n) is 6.66. The van der Waals surface area contributed by atoms with Crippen LogP contribution >= 0.6 is 11.3 Å². The molecule has 1 aliphatic rings. The molecule has 1 fully saturated rings. The molecule has 3 heterocycles. The van der Waals surface area contributed by atoms with Crippen LogP contribution in [0.5, 0.6) is 0 Å². The van der Waals surface area contributed by atoms with E-state index in [1.807, 2.05) is 6.92 Å². The van der Waals surface area contributed by atoms with Crippen molar-refractivity contribution in [3.05, 3.63) is 52.4 Å². The third-order valence-corrected chi connectivity index (χ3v) is 5.74. The molecule has 0 spiro atoms. The van der Waals surface area contributed by atoms with Crippen molar-refractivity contribution < 1.29 is 8.91 Å². The maximum atomic E-state index is 13.0. The molecule has 0 N–H and O–H groups in total. The summed E-state index contributed by atoms with van der Waals surface area (Å²) in [5, 5.41) is 14.4. The zero-order valence-corrected chi connectivity index (χ0v) is 16.1. The zero-order chi connectivity index (χ0) is 18.8. The van der Waals surface area contributed by atoms with E-state index < -0.39 is 0 Å². The molecule has 1 atom stereocenters. The Morgan fingerprint density at radius 2 is 1.89 bits per heavy atom. The third-order valence-electron chi connectivity index (χ3n) is 4.76. The average Bonchev–Trinajstić information content (AvgIpc) is 3.32. The highest BCUT2D eigenvalue weighted by Crippen LogP contribution is 2.26. The predicted octanol–water partition coefficient (Wildman–Crippen LogP) is 2.84. The van der Waals surface area contributed by atoms with Crippen LogP contribution in [-0.2, 0) is 6.42 Å². The molecule has 0 bridgehead atoms. The van der Waals surface area contributed by atoms with Gasteiger partial charge in [-0.1, -0.05) is 28.6 Å². The Morgan fingerprint density at radius 3 is 2.56 bits per heavy atom. The molecular formula is C18H21FN6OS. The summed E-state index contributed by atoms with van der Waals surface area (Å²) < 4.78 is 18.3. The Labute approximate surface area is 160 Å². The number of nitrogens with zero attached hydrogens (tertiary/aromatic N) is 6. The maximum Gasteiger partial charge on any atom is 0.243 e. The number of aryl methyl sites for hydroxylation is 1. The minimum Gasteiger partial charge on any atom is -0.344 e. The fourth-order valence-corrected chi connectivity index (χ4v) is 4.08. The third kappa shape index (κ3) is 4.14. The number of benzene rings is 1. The van der Waals surface area contributed by atoms with Gasteiger partial charge in [-0.25, -0.2) is 4.39 Å². The summed E-state index contributed by atoms with van der Waals surface area (Å²) in [6, 6.07) is 6.63. The lowest BCUT2D eigenvalue weighted by Crippen LogP contribution is -2.47. The fraction of sp³-hybridized carbons (Fsp3) is 0.444. The highest BCUT2D eigenvalue weighted by Gasteiger charge is 2.26. The van der Waals surface area contributed by atoms with E-state index in [0.29, 0.717) is 18.1 Å². The summed E-state index contributed by atoms with van der Waals surface area (Å²) in [5.74, 6) is 1.11. The lowest BCUT2D eigenvalue weighted by molar-refractivity contribution is 0.164. The number of hydrogen-bond donors (Lipinski definition) is 0. The van der Waals surface area contributed by atoms with Crippen molar-refractivity contribution in [2.24, 2.45) is 0 Å². The molecule has 142 valence electrons. The predicted molar refractivity (Wildman–Crippen MR) is 100 cm³/mol. The molecule has 0 radical (unpaired) electrons. The molecule has 1 aliphatic heterocycles. The highest BCUT2D eigenvalue weighted by atomic mass is 32.1. The number of hydrogen-bond acceptors (Lipinski definition) is 8. The Bertz CT molecular complexity index is 887. The minimum absolute atomic E-state index is 0.108. The van der Waals surface area contributed by atoms with Gasteiger partial charge in [0.1, 0.15) is 10.8 Å². The van der Waals surface area contributed by atoms with Crippen LogP contribution in [0.2, 0.25) is 0 Å². The van der Waals surface area contributed by atoms with Gasteiger partial charge in [-0.15, -0.1) is 10.2 Å². The smallest absolute Gasteiger partial charge is 0.243 e. The molecule has 27 heavy (non-hydrogen) atoms. The van der Waals surface area contributed by atoms with E-state index in [9.17, 15) is 4.39 Å². The molecule has 9 heteroatoms. The van der Waals surface area contributed by atoms with Crippen molar-refractivity contribution >= 4 is 16.5 Å². The summed E-state index contributed by atoms with van der Waals surface area (Å²) >= 11 is 1.60. The molecule has 0 aliphatic carbocycles. The Balaban J connectivity index is 1.34. The van der Waals surface area contributed by atoms with E-state index in [4.69, 9.17) is 4.52 Å². The van der Waals surface area contributed by atoms with Crippen molar-refractivity contribution in [1.82, 2.24) is 25.2 Å². The lowest BCUT2D eigenvalue weighted by Gasteiger charge is -2.36. The fourth-order valence-electron chi connectivity index (χ4n) is 3.16. The standard InChI is InChI=1S/C18H21FN6OS/c1-12(17-20-13(2)23-26-17)24-7-9-25(10-8-24)18-22-21-16(27-18)11-14-3-5-15(19)6-4-14/h3-6,12H,7-11H2,1-2H3. The molecular weight excluding hydrogens is 367 g/mol. The monoisotopic (exact) mass is 388 g/mol. The van der Waals surface area contributed by atoms with Crippen LogP contribution in [0.3, 0.4) is 0 Å². The number of aromatic nitrogens is 4. The largest absolute Gasteiger partial charge is 0.344 e. The van der Waals surface area contributed by atoms with E-state index in [1.54, 1.807) is 23.5 Å². The number of halogens is 1. The van der Waals surface area contributed by atoms with Gasteiger partial charge in [0.2, 0.25) is 11.0 Å². The van der Waals surface area contributed by atoms with Crippen molar-refractivity contribution in [2.75, 3.05) is 31.1 Å². The number of rotatable bonds is 5. The highest BCUT2D eigenvalue weighted by molar-refractivity contribution is 7.15. The van der Waals surface area contributed by atoms with Crippen LogP contribution in [-0.4, -0.2) is 51.4 Å². The molecule has 1 unspecified atom stereocenters. The Kier molecular flexibility index (Phi) is 5.13. The van der Waals surface area contributed by atoms with Crippen LogP contribution in [0.25, 0.3) is 0 Å². The van der Waals surface area contributed by atoms with E-state index in [-0.39, 0.29) is 11.9 Å². The van der Waals surface area contributed by atoms with Crippen LogP contribution in [0.15, 0.2) is 28.8 Å². The zero-order valence-electron chi connectivity index (χ0n) is 15.3. The maximum absolute atomic E-state index is 13.0. The van der Waals surface area contributed by atoms with Gasteiger partial charge >= 0.3 is 0 Å². The van der Waals surface area contributed by atoms with Crippen LogP contribution in [0, 0.1) is 12.7 Å². The first-order valence-electron chi connectivity index (χ1n) is 8.94. The summed E-state index contributed by atoms with van der Waals surface area (Å²) in [7, 11) is 0. The van der Waals surface area contributed by atoms with Crippen molar-refractivity contribution in [3.63, 3.8) is 0 Å². The van der Waals surface area contributed by atoms with Gasteiger partial charge < -0.3 is 9.42 Å². The summed E-state index contributed by atoms with van der Waals surface area (Å²) in [5.41, 5.74) is 1.03. The van der Waals surface area contributed by atoms with E-state index in [0.717, 1.165) is 41.9 Å². The Hall–Kier alpha value is -2.39. The minimum atomic E-state index is -0.223. The molecule has 3 aromatic rings. The average molecular weight is 388 g/mol. The second kappa shape index (κ2) is 7.69. The normalized spacial score (nSPS) is 16.6. The van der Waals surface area contributed by atoms with E-state index >= 15 is 0 Å². The molecule has 0 saturated carbocycles. The second-order valence-corrected chi connectivity index (χ2v) is 7.70. The first-order valence-corrected chi connectivity index (χ1v) is 9.76. The van der Waals surface area contributed by atoms with Crippen molar-refractivity contribution in [2.45, 2.75) is 26.3 Å². The van der Waals surface area contributed by atoms with Gasteiger partial charge in [0.05, 0.1) is 6.04 Å². The van der Waals surface area contributed by atoms with Crippen molar-refractivity contribution in [3.8, 4) is 0 Å². The van der Waals surface area contributed by atoms with Crippen LogP contribution in [0.1, 0.15) is 35.3 Å². The van der Waals surface area contributed by atoms with E-state index in [2.05, 4.69) is 37.1 Å². The van der Waals surface area contributed by atoms with E-state index in [1.165, 1.54) is 12.1 Å². The Morgan fingerprint density at radius 1 is 1.15 bits per heavy atom. The summed E-state index contributed by atoms with van der Waals surface area (Å²) in [4.78, 5) is 8.93. The van der Waals surface area contributed by atoms with Gasteiger partial charge in [0.15, 0.2) is 5.82 Å². The number of piperazine rings is 1. The molecule has 1 aromatic carbocycles. The molecule has 0 amide bonds. The first-order chi connectivity index (χ1) is 13.1. The molecule has 1 saturated heterocycles. The van der Waals surface area contributed by atoms with Gasteiger partial charge in [0, 0.05) is 32.6 Å². The van der Waals surface area contributed by atoms with Gasteiger partial charge in [-0.05, 0) is 31.5 Å². The first kappa shape index (κ1) is 18.0. The molecule has 2 aromatic heterocycles. The van der Waals surface area contributed by atoms with Crippen LogP contribution < -0.4 is 4.90 Å².